The van der Waals surface area contributed by atoms with Gasteiger partial charge in [-0.2, -0.15) is 0 Å². The van der Waals surface area contributed by atoms with Crippen molar-refractivity contribution in [1.29, 1.82) is 0 Å². The normalized spacial score (nSPS) is 22.5. The van der Waals surface area contributed by atoms with Crippen LogP contribution >= 0.6 is 0 Å². The highest BCUT2D eigenvalue weighted by molar-refractivity contribution is 5.89. The van der Waals surface area contributed by atoms with Gasteiger partial charge in [0.1, 0.15) is 0 Å². The molecule has 4 heteroatoms. The van der Waals surface area contributed by atoms with Gasteiger partial charge in [-0.1, -0.05) is 25.5 Å². The fourth-order valence-electron chi connectivity index (χ4n) is 3.43. The lowest BCUT2D eigenvalue weighted by Crippen LogP contribution is -2.50. The molecule has 0 bridgehead atoms. The van der Waals surface area contributed by atoms with Crippen LogP contribution in [-0.2, 0) is 9.59 Å². The lowest BCUT2D eigenvalue weighted by atomic mass is 9.72. The number of amides is 2. The minimum absolute atomic E-state index is 0.0393. The first kappa shape index (κ1) is 15.8. The molecule has 0 aromatic rings. The SMILES string of the molecule is CC1=C(/C=C/C(=O)N2CC(CC(N)=O)C2)C(C)(C)CCC1. The molecule has 2 amide bonds. The van der Waals surface area contributed by atoms with Gasteiger partial charge in [-0.05, 0) is 37.2 Å². The number of nitrogens with zero attached hydrogens (tertiary/aromatic N) is 1. The first-order valence-corrected chi connectivity index (χ1v) is 7.75. The van der Waals surface area contributed by atoms with Crippen LogP contribution in [0.3, 0.4) is 0 Å². The molecule has 1 saturated heterocycles. The molecule has 0 spiro atoms. The maximum atomic E-state index is 12.1. The van der Waals surface area contributed by atoms with Gasteiger partial charge in [0.05, 0.1) is 0 Å². The molecule has 1 fully saturated rings. The number of likely N-dealkylation sites (tertiary alicyclic amines) is 1. The zero-order chi connectivity index (χ0) is 15.6. The number of rotatable bonds is 4. The second-order valence-electron chi connectivity index (χ2n) is 7.04. The van der Waals surface area contributed by atoms with Crippen molar-refractivity contribution in [3.05, 3.63) is 23.3 Å². The van der Waals surface area contributed by atoms with Gasteiger partial charge in [0, 0.05) is 31.5 Å². The number of primary amides is 1. The average molecular weight is 290 g/mol. The first-order valence-electron chi connectivity index (χ1n) is 7.75. The molecular formula is C17H26N2O2. The van der Waals surface area contributed by atoms with E-state index < -0.39 is 0 Å². The standard InChI is InChI=1S/C17H26N2O2/c1-12-5-4-8-17(2,3)14(12)6-7-16(21)19-10-13(11-19)9-15(18)20/h6-7,13H,4-5,8-11H2,1-3H3,(H2,18,20)/b7-6+. The van der Waals surface area contributed by atoms with Crippen LogP contribution in [0.1, 0.15) is 46.5 Å². The summed E-state index contributed by atoms with van der Waals surface area (Å²) >= 11 is 0. The van der Waals surface area contributed by atoms with Crippen molar-refractivity contribution in [2.24, 2.45) is 17.1 Å². The van der Waals surface area contributed by atoms with E-state index in [1.54, 1.807) is 11.0 Å². The molecule has 0 atom stereocenters. The summed E-state index contributed by atoms with van der Waals surface area (Å²) in [6.45, 7) is 7.94. The highest BCUT2D eigenvalue weighted by Gasteiger charge is 2.31. The van der Waals surface area contributed by atoms with Gasteiger partial charge in [-0.3, -0.25) is 9.59 Å². The van der Waals surface area contributed by atoms with E-state index in [0.29, 0.717) is 19.5 Å². The summed E-state index contributed by atoms with van der Waals surface area (Å²) in [6.07, 6.45) is 7.59. The Bertz CT molecular complexity index is 497. The summed E-state index contributed by atoms with van der Waals surface area (Å²) in [5.74, 6) is -0.00306. The second-order valence-corrected chi connectivity index (χ2v) is 7.04. The highest BCUT2D eigenvalue weighted by atomic mass is 16.2. The third kappa shape index (κ3) is 3.74. The van der Waals surface area contributed by atoms with E-state index >= 15 is 0 Å². The van der Waals surface area contributed by atoms with E-state index in [-0.39, 0.29) is 23.1 Å². The van der Waals surface area contributed by atoms with E-state index in [9.17, 15) is 9.59 Å². The largest absolute Gasteiger partial charge is 0.370 e. The van der Waals surface area contributed by atoms with Crippen molar-refractivity contribution in [2.45, 2.75) is 46.5 Å². The highest BCUT2D eigenvalue weighted by Crippen LogP contribution is 2.40. The molecule has 2 rings (SSSR count). The summed E-state index contributed by atoms with van der Waals surface area (Å²) in [4.78, 5) is 24.7. The van der Waals surface area contributed by atoms with Crippen LogP contribution in [0.4, 0.5) is 0 Å². The van der Waals surface area contributed by atoms with E-state index in [4.69, 9.17) is 5.73 Å². The number of carbonyl (C=O) groups excluding carboxylic acids is 2. The van der Waals surface area contributed by atoms with Gasteiger partial charge < -0.3 is 10.6 Å². The molecule has 0 aromatic carbocycles. The Balaban J connectivity index is 1.93. The third-order valence-electron chi connectivity index (χ3n) is 4.69. The quantitative estimate of drug-likeness (QED) is 0.808. The Morgan fingerprint density at radius 1 is 1.38 bits per heavy atom. The van der Waals surface area contributed by atoms with Gasteiger partial charge >= 0.3 is 0 Å². The predicted molar refractivity (Wildman–Crippen MR) is 83.4 cm³/mol. The van der Waals surface area contributed by atoms with Crippen molar-refractivity contribution >= 4 is 11.8 Å². The topological polar surface area (TPSA) is 63.4 Å². The molecule has 1 heterocycles. The van der Waals surface area contributed by atoms with Crippen molar-refractivity contribution in [1.82, 2.24) is 4.90 Å². The van der Waals surface area contributed by atoms with Crippen LogP contribution < -0.4 is 5.73 Å². The molecule has 0 radical (unpaired) electrons. The maximum Gasteiger partial charge on any atom is 0.246 e. The van der Waals surface area contributed by atoms with Gasteiger partial charge in [-0.25, -0.2) is 0 Å². The number of allylic oxidation sites excluding steroid dienone is 3. The summed E-state index contributed by atoms with van der Waals surface area (Å²) in [6, 6.07) is 0. The predicted octanol–water partition coefficient (Wildman–Crippen LogP) is 2.40. The molecule has 21 heavy (non-hydrogen) atoms. The summed E-state index contributed by atoms with van der Waals surface area (Å²) in [7, 11) is 0. The van der Waals surface area contributed by atoms with Crippen LogP contribution in [0.5, 0.6) is 0 Å². The number of hydrogen-bond acceptors (Lipinski definition) is 2. The zero-order valence-corrected chi connectivity index (χ0v) is 13.3. The smallest absolute Gasteiger partial charge is 0.246 e. The van der Waals surface area contributed by atoms with Crippen molar-refractivity contribution in [2.75, 3.05) is 13.1 Å². The van der Waals surface area contributed by atoms with Crippen molar-refractivity contribution < 1.29 is 9.59 Å². The number of hydrogen-bond donors (Lipinski definition) is 1. The Kier molecular flexibility index (Phi) is 4.55. The summed E-state index contributed by atoms with van der Waals surface area (Å²) in [5, 5.41) is 0. The van der Waals surface area contributed by atoms with Gasteiger partial charge in [0.2, 0.25) is 11.8 Å². The summed E-state index contributed by atoms with van der Waals surface area (Å²) in [5.41, 5.74) is 8.01. The second kappa shape index (κ2) is 6.04. The zero-order valence-electron chi connectivity index (χ0n) is 13.3. The third-order valence-corrected chi connectivity index (χ3v) is 4.69. The number of carbonyl (C=O) groups is 2. The Hall–Kier alpha value is -1.58. The van der Waals surface area contributed by atoms with E-state index in [1.165, 1.54) is 24.0 Å². The molecule has 116 valence electrons. The Labute approximate surface area is 127 Å². The van der Waals surface area contributed by atoms with Crippen LogP contribution in [-0.4, -0.2) is 29.8 Å². The molecule has 4 nitrogen and oxygen atoms in total. The van der Waals surface area contributed by atoms with E-state index in [0.717, 1.165) is 6.42 Å². The maximum absolute atomic E-state index is 12.1. The lowest BCUT2D eigenvalue weighted by Gasteiger charge is -2.38. The first-order chi connectivity index (χ1) is 9.79. The van der Waals surface area contributed by atoms with Crippen LogP contribution in [0.25, 0.3) is 0 Å². The summed E-state index contributed by atoms with van der Waals surface area (Å²) < 4.78 is 0. The molecule has 0 aromatic heterocycles. The van der Waals surface area contributed by atoms with Crippen LogP contribution in [0.2, 0.25) is 0 Å². The average Bonchev–Trinajstić information content (AvgIpc) is 2.31. The Morgan fingerprint density at radius 3 is 2.62 bits per heavy atom. The molecule has 0 saturated carbocycles. The molecule has 1 aliphatic carbocycles. The van der Waals surface area contributed by atoms with Gasteiger partial charge in [-0.15, -0.1) is 0 Å². The molecule has 2 N–H and O–H groups in total. The molecule has 1 aliphatic heterocycles. The Morgan fingerprint density at radius 2 is 2.05 bits per heavy atom. The minimum Gasteiger partial charge on any atom is -0.370 e. The van der Waals surface area contributed by atoms with Gasteiger partial charge in [0.25, 0.3) is 0 Å². The van der Waals surface area contributed by atoms with Crippen LogP contribution in [0.15, 0.2) is 23.3 Å². The van der Waals surface area contributed by atoms with E-state index in [1.807, 2.05) is 6.08 Å². The number of nitrogens with two attached hydrogens (primary N) is 1. The van der Waals surface area contributed by atoms with Crippen molar-refractivity contribution in [3.8, 4) is 0 Å². The van der Waals surface area contributed by atoms with E-state index in [2.05, 4.69) is 20.8 Å². The molecule has 2 aliphatic rings. The van der Waals surface area contributed by atoms with Crippen molar-refractivity contribution in [3.63, 3.8) is 0 Å². The fourth-order valence-corrected chi connectivity index (χ4v) is 3.43. The van der Waals surface area contributed by atoms with Crippen LogP contribution in [0, 0.1) is 11.3 Å². The fraction of sp³-hybridized carbons (Fsp3) is 0.647. The monoisotopic (exact) mass is 290 g/mol. The molecule has 0 unspecified atom stereocenters. The lowest BCUT2D eigenvalue weighted by molar-refractivity contribution is -0.134. The van der Waals surface area contributed by atoms with Gasteiger partial charge in [0.15, 0.2) is 0 Å². The molecular weight excluding hydrogens is 264 g/mol. The minimum atomic E-state index is -0.285.